The molecule has 4 aromatic rings. The number of nitrogens with zero attached hydrogens (tertiary/aromatic N) is 6. The van der Waals surface area contributed by atoms with Crippen LogP contribution in [-0.2, 0) is 0 Å². The molecule has 8 nitrogen and oxygen atoms in total. The smallest absolute Gasteiger partial charge is 0.199 e. The Morgan fingerprint density at radius 2 is 1.26 bits per heavy atom. The lowest BCUT2D eigenvalue weighted by molar-refractivity contribution is 0.903. The van der Waals surface area contributed by atoms with Crippen LogP contribution < -0.4 is 10.8 Å². The van der Waals surface area contributed by atoms with E-state index < -0.39 is 0 Å². The van der Waals surface area contributed by atoms with Gasteiger partial charge in [0, 0.05) is 5.69 Å². The van der Waals surface area contributed by atoms with Gasteiger partial charge in [-0.1, -0.05) is 35.4 Å². The third-order valence-corrected chi connectivity index (χ3v) is 5.73. The molecule has 0 amide bonds. The van der Waals surface area contributed by atoms with Gasteiger partial charge < -0.3 is 5.32 Å². The largest absolute Gasteiger partial charge is 0.337 e. The molecule has 2 aromatic carbocycles. The van der Waals surface area contributed by atoms with Crippen LogP contribution in [0.1, 0.15) is 44.8 Å². The van der Waals surface area contributed by atoms with Gasteiger partial charge in [-0.05, 0) is 63.8 Å². The average Bonchev–Trinajstić information content (AvgIpc) is 2.76. The Morgan fingerprint density at radius 3 is 1.79 bits per heavy atom. The second-order valence-electron chi connectivity index (χ2n) is 8.58. The number of aryl methyl sites for hydroxylation is 6. The van der Waals surface area contributed by atoms with Crippen molar-refractivity contribution in [3.05, 3.63) is 74.5 Å². The number of anilines is 2. The van der Waals surface area contributed by atoms with Gasteiger partial charge in [-0.2, -0.15) is 10.5 Å². The van der Waals surface area contributed by atoms with E-state index in [9.17, 15) is 10.5 Å². The van der Waals surface area contributed by atoms with Gasteiger partial charge in [-0.25, -0.2) is 15.0 Å². The summed E-state index contributed by atoms with van der Waals surface area (Å²) in [6, 6.07) is 12.1. The fourth-order valence-corrected chi connectivity index (χ4v) is 4.49. The first-order chi connectivity index (χ1) is 16.1. The van der Waals surface area contributed by atoms with Crippen molar-refractivity contribution in [3.8, 4) is 17.8 Å². The molecule has 8 heteroatoms. The molecule has 168 valence electrons. The molecule has 0 aliphatic rings. The lowest BCUT2D eigenvalue weighted by atomic mass is 10.0. The maximum Gasteiger partial charge on any atom is 0.199 e. The van der Waals surface area contributed by atoms with E-state index in [-0.39, 0.29) is 34.0 Å². The van der Waals surface area contributed by atoms with Crippen LogP contribution in [0.3, 0.4) is 0 Å². The number of hydrogen-bond acceptors (Lipinski definition) is 7. The summed E-state index contributed by atoms with van der Waals surface area (Å²) in [7, 11) is 0. The van der Waals surface area contributed by atoms with Crippen LogP contribution in [0, 0.1) is 69.6 Å². The van der Waals surface area contributed by atoms with Gasteiger partial charge in [-0.15, -0.1) is 0 Å². The summed E-state index contributed by atoms with van der Waals surface area (Å²) in [5.41, 5.74) is 8.12. The second-order valence-corrected chi connectivity index (χ2v) is 8.58. The third-order valence-electron chi connectivity index (χ3n) is 5.73. The first-order valence-corrected chi connectivity index (χ1v) is 10.8. The minimum absolute atomic E-state index is 0.0739. The Kier molecular flexibility index (Phi) is 5.60. The Balaban J connectivity index is 2.12. The van der Waals surface area contributed by atoms with Gasteiger partial charge in [0.1, 0.15) is 12.1 Å². The topological polar surface area (TPSA) is 127 Å². The molecule has 2 N–H and O–H groups in total. The lowest BCUT2D eigenvalue weighted by Gasteiger charge is -2.19. The van der Waals surface area contributed by atoms with Crippen molar-refractivity contribution in [2.75, 3.05) is 5.32 Å². The van der Waals surface area contributed by atoms with E-state index in [4.69, 9.17) is 5.41 Å². The molecular formula is C26H24N8. The van der Waals surface area contributed by atoms with Gasteiger partial charge in [0.15, 0.2) is 34.0 Å². The second kappa shape index (κ2) is 8.42. The van der Waals surface area contributed by atoms with Crippen LogP contribution >= 0.6 is 0 Å². The molecule has 2 heterocycles. The summed E-state index contributed by atoms with van der Waals surface area (Å²) >= 11 is 0. The summed E-state index contributed by atoms with van der Waals surface area (Å²) < 4.78 is 1.66. The Labute approximate surface area is 197 Å². The summed E-state index contributed by atoms with van der Waals surface area (Å²) in [6.07, 6.45) is 0. The zero-order chi connectivity index (χ0) is 24.7. The third kappa shape index (κ3) is 3.76. The number of fused-ring (bicyclic) bond motifs is 1. The predicted octanol–water partition coefficient (Wildman–Crippen LogP) is 4.63. The minimum atomic E-state index is -0.0993. The van der Waals surface area contributed by atoms with Crippen molar-refractivity contribution in [1.82, 2.24) is 19.5 Å². The Hall–Kier alpha value is -4.56. The van der Waals surface area contributed by atoms with Crippen molar-refractivity contribution in [2.24, 2.45) is 0 Å². The van der Waals surface area contributed by atoms with Crippen LogP contribution in [-0.4, -0.2) is 19.5 Å². The fraction of sp³-hybridized carbons (Fsp3) is 0.231. The zero-order valence-electron chi connectivity index (χ0n) is 20.0. The molecule has 4 rings (SSSR count). The Morgan fingerprint density at radius 1 is 0.765 bits per heavy atom. The van der Waals surface area contributed by atoms with Gasteiger partial charge in [0.05, 0.1) is 5.69 Å². The maximum absolute atomic E-state index is 9.53. The van der Waals surface area contributed by atoms with E-state index in [0.29, 0.717) is 0 Å². The molecule has 0 bridgehead atoms. The number of nitriles is 2. The summed E-state index contributed by atoms with van der Waals surface area (Å²) in [6.45, 7) is 12.0. The van der Waals surface area contributed by atoms with Crippen LogP contribution in [0.25, 0.3) is 17.0 Å². The van der Waals surface area contributed by atoms with Gasteiger partial charge in [-0.3, -0.25) is 9.98 Å². The van der Waals surface area contributed by atoms with Crippen molar-refractivity contribution in [2.45, 2.75) is 41.5 Å². The molecule has 0 saturated heterocycles. The highest BCUT2D eigenvalue weighted by Crippen LogP contribution is 2.27. The SMILES string of the molecule is Cc1cc(C)c(Nc2nc3nc(C#N)c(C#N)nc3n(-c3c(C)cc(C)cc3C)c2=N)c(C)c1. The molecule has 34 heavy (non-hydrogen) atoms. The molecule has 0 spiro atoms. The van der Waals surface area contributed by atoms with E-state index in [1.165, 1.54) is 0 Å². The average molecular weight is 449 g/mol. The van der Waals surface area contributed by atoms with E-state index in [2.05, 4.69) is 32.4 Å². The number of hydrogen-bond donors (Lipinski definition) is 2. The highest BCUT2D eigenvalue weighted by Gasteiger charge is 2.20. The normalized spacial score (nSPS) is 10.7. The molecule has 0 aliphatic carbocycles. The van der Waals surface area contributed by atoms with Crippen molar-refractivity contribution >= 4 is 22.8 Å². The highest BCUT2D eigenvalue weighted by molar-refractivity contribution is 5.75. The summed E-state index contributed by atoms with van der Waals surface area (Å²) in [5, 5.41) is 31.4. The highest BCUT2D eigenvalue weighted by atomic mass is 15.2. The summed E-state index contributed by atoms with van der Waals surface area (Å²) in [5.74, 6) is 0.282. The molecule has 0 unspecified atom stereocenters. The molecular weight excluding hydrogens is 424 g/mol. The zero-order valence-corrected chi connectivity index (χ0v) is 20.0. The van der Waals surface area contributed by atoms with Crippen molar-refractivity contribution in [3.63, 3.8) is 0 Å². The van der Waals surface area contributed by atoms with Crippen LogP contribution in [0.15, 0.2) is 24.3 Å². The fourth-order valence-electron chi connectivity index (χ4n) is 4.49. The molecule has 0 atom stereocenters. The predicted molar refractivity (Wildman–Crippen MR) is 130 cm³/mol. The summed E-state index contributed by atoms with van der Waals surface area (Å²) in [4.78, 5) is 13.3. The monoisotopic (exact) mass is 448 g/mol. The molecule has 0 radical (unpaired) electrons. The Bertz CT molecular complexity index is 1580. The van der Waals surface area contributed by atoms with E-state index in [0.717, 1.165) is 44.8 Å². The number of rotatable bonds is 3. The van der Waals surface area contributed by atoms with Crippen LogP contribution in [0.2, 0.25) is 0 Å². The molecule has 0 saturated carbocycles. The first-order valence-electron chi connectivity index (χ1n) is 10.8. The standard InChI is InChI=1S/C26H24N8/c1-13-7-15(3)21(16(4)8-13)32-24-23(29)34(22-17(5)9-14(2)10-18(22)6)26-25(33-24)30-19(11-27)20(12-28)31-26/h7-10,29H,1-6H3,(H,30,32,33). The van der Waals surface area contributed by atoms with Crippen molar-refractivity contribution in [1.29, 1.82) is 15.9 Å². The maximum atomic E-state index is 9.53. The number of aromatic nitrogens is 4. The van der Waals surface area contributed by atoms with E-state index in [1.54, 1.807) is 4.57 Å². The van der Waals surface area contributed by atoms with Gasteiger partial charge >= 0.3 is 0 Å². The van der Waals surface area contributed by atoms with Crippen LogP contribution in [0.5, 0.6) is 0 Å². The molecule has 0 fully saturated rings. The quantitative estimate of drug-likeness (QED) is 0.470. The van der Waals surface area contributed by atoms with E-state index in [1.807, 2.05) is 65.8 Å². The minimum Gasteiger partial charge on any atom is -0.337 e. The van der Waals surface area contributed by atoms with Crippen LogP contribution in [0.4, 0.5) is 11.5 Å². The number of nitrogens with one attached hydrogen (secondary N) is 2. The van der Waals surface area contributed by atoms with Gasteiger partial charge in [0.2, 0.25) is 0 Å². The van der Waals surface area contributed by atoms with Gasteiger partial charge in [0.25, 0.3) is 0 Å². The molecule has 0 aliphatic heterocycles. The molecule has 2 aromatic heterocycles. The first kappa shape index (κ1) is 22.6. The lowest BCUT2D eigenvalue weighted by Crippen LogP contribution is -2.26. The van der Waals surface area contributed by atoms with E-state index >= 15 is 0 Å². The number of benzene rings is 2. The van der Waals surface area contributed by atoms with Crippen molar-refractivity contribution < 1.29 is 0 Å².